The summed E-state index contributed by atoms with van der Waals surface area (Å²) >= 11 is 0. The Morgan fingerprint density at radius 1 is 0.917 bits per heavy atom. The van der Waals surface area contributed by atoms with Crippen molar-refractivity contribution in [3.8, 4) is 0 Å². The van der Waals surface area contributed by atoms with Crippen molar-refractivity contribution in [3.05, 3.63) is 71.8 Å². The second-order valence-corrected chi connectivity index (χ2v) is 7.17. The fourth-order valence-corrected chi connectivity index (χ4v) is 2.70. The summed E-state index contributed by atoms with van der Waals surface area (Å²) in [5.74, 6) is -0.251. The van der Waals surface area contributed by atoms with Crippen LogP contribution in [-0.2, 0) is 20.4 Å². The van der Waals surface area contributed by atoms with Gasteiger partial charge in [0.1, 0.15) is 6.61 Å². The first kappa shape index (κ1) is 18.2. The van der Waals surface area contributed by atoms with Crippen molar-refractivity contribution in [2.24, 2.45) is 0 Å². The van der Waals surface area contributed by atoms with Gasteiger partial charge in [-0.1, -0.05) is 81.4 Å². The van der Waals surface area contributed by atoms with E-state index in [-0.39, 0.29) is 24.6 Å². The van der Waals surface area contributed by atoms with E-state index in [0.29, 0.717) is 6.42 Å². The molecule has 3 nitrogen and oxygen atoms in total. The third-order valence-electron chi connectivity index (χ3n) is 4.51. The highest BCUT2D eigenvalue weighted by atomic mass is 16.5. The van der Waals surface area contributed by atoms with Crippen molar-refractivity contribution < 1.29 is 14.6 Å². The van der Waals surface area contributed by atoms with Crippen LogP contribution < -0.4 is 0 Å². The van der Waals surface area contributed by atoms with Gasteiger partial charge in [-0.05, 0) is 11.1 Å². The molecule has 0 aromatic heterocycles. The average molecular weight is 326 g/mol. The highest BCUT2D eigenvalue weighted by Gasteiger charge is 2.30. The Balaban J connectivity index is 2.00. The van der Waals surface area contributed by atoms with Gasteiger partial charge in [-0.2, -0.15) is 0 Å². The van der Waals surface area contributed by atoms with Crippen molar-refractivity contribution in [2.75, 3.05) is 13.2 Å². The van der Waals surface area contributed by atoms with Crippen LogP contribution in [-0.4, -0.2) is 24.3 Å². The zero-order valence-corrected chi connectivity index (χ0v) is 14.7. The predicted molar refractivity (Wildman–Crippen MR) is 95.9 cm³/mol. The minimum absolute atomic E-state index is 0.0770. The lowest BCUT2D eigenvalue weighted by atomic mass is 9.81. The van der Waals surface area contributed by atoms with Gasteiger partial charge >= 0.3 is 5.97 Å². The van der Waals surface area contributed by atoms with E-state index in [1.807, 2.05) is 81.4 Å². The van der Waals surface area contributed by atoms with E-state index in [1.54, 1.807) is 0 Å². The molecule has 0 radical (unpaired) electrons. The number of carbonyl (C=O) groups is 1. The molecule has 0 spiro atoms. The lowest BCUT2D eigenvalue weighted by Gasteiger charge is -2.29. The summed E-state index contributed by atoms with van der Waals surface area (Å²) < 4.78 is 5.51. The molecular weight excluding hydrogens is 300 g/mol. The molecule has 2 aromatic rings. The van der Waals surface area contributed by atoms with Gasteiger partial charge in [0.05, 0.1) is 13.0 Å². The Morgan fingerprint density at radius 3 is 1.92 bits per heavy atom. The Labute approximate surface area is 144 Å². The van der Waals surface area contributed by atoms with E-state index in [1.165, 1.54) is 0 Å². The first-order valence-electron chi connectivity index (χ1n) is 8.25. The lowest BCUT2D eigenvalue weighted by Crippen LogP contribution is -2.34. The molecule has 3 heteroatoms. The summed E-state index contributed by atoms with van der Waals surface area (Å²) in [7, 11) is 0. The van der Waals surface area contributed by atoms with Gasteiger partial charge in [-0.15, -0.1) is 0 Å². The number of esters is 1. The summed E-state index contributed by atoms with van der Waals surface area (Å²) in [6, 6.07) is 19.6. The highest BCUT2D eigenvalue weighted by Crippen LogP contribution is 2.28. The normalized spacial score (nSPS) is 14.0. The molecule has 0 saturated carbocycles. The number of carbonyl (C=O) groups excluding carboxylic acids is 1. The van der Waals surface area contributed by atoms with E-state index in [0.717, 1.165) is 11.1 Å². The summed E-state index contributed by atoms with van der Waals surface area (Å²) in [5, 5.41) is 9.77. The maximum absolute atomic E-state index is 12.3. The van der Waals surface area contributed by atoms with Gasteiger partial charge < -0.3 is 9.84 Å². The number of benzene rings is 2. The molecule has 0 aliphatic carbocycles. The SMILES string of the molecule is CC(C)(CC(=O)OCC(C)(CO)c1ccccc1)c1ccccc1. The van der Waals surface area contributed by atoms with E-state index in [2.05, 4.69) is 0 Å². The van der Waals surface area contributed by atoms with E-state index in [9.17, 15) is 9.90 Å². The van der Waals surface area contributed by atoms with Gasteiger partial charge in [-0.3, -0.25) is 4.79 Å². The van der Waals surface area contributed by atoms with Crippen molar-refractivity contribution in [1.82, 2.24) is 0 Å². The molecule has 0 amide bonds. The molecule has 1 atom stereocenters. The van der Waals surface area contributed by atoms with Crippen LogP contribution >= 0.6 is 0 Å². The zero-order chi connectivity index (χ0) is 17.6. The van der Waals surface area contributed by atoms with Crippen molar-refractivity contribution in [2.45, 2.75) is 38.0 Å². The van der Waals surface area contributed by atoms with Crippen molar-refractivity contribution in [3.63, 3.8) is 0 Å². The van der Waals surface area contributed by atoms with Crippen LogP contribution in [0.2, 0.25) is 0 Å². The fourth-order valence-electron chi connectivity index (χ4n) is 2.70. The van der Waals surface area contributed by atoms with Crippen LogP contribution in [0.1, 0.15) is 38.3 Å². The minimum Gasteiger partial charge on any atom is -0.465 e. The van der Waals surface area contributed by atoms with Gasteiger partial charge in [0.15, 0.2) is 0 Å². The van der Waals surface area contributed by atoms with E-state index >= 15 is 0 Å². The van der Waals surface area contributed by atoms with Crippen LogP contribution in [0.5, 0.6) is 0 Å². The van der Waals surface area contributed by atoms with Gasteiger partial charge in [0, 0.05) is 10.8 Å². The van der Waals surface area contributed by atoms with Crippen LogP contribution in [0.15, 0.2) is 60.7 Å². The molecule has 0 heterocycles. The Morgan fingerprint density at radius 2 is 1.42 bits per heavy atom. The molecule has 0 aliphatic heterocycles. The minimum atomic E-state index is -0.589. The fraction of sp³-hybridized carbons (Fsp3) is 0.381. The number of rotatable bonds is 7. The third-order valence-corrected chi connectivity index (χ3v) is 4.51. The first-order chi connectivity index (χ1) is 11.4. The molecule has 0 fully saturated rings. The quantitative estimate of drug-likeness (QED) is 0.786. The molecule has 0 saturated heterocycles. The van der Waals surface area contributed by atoms with Crippen LogP contribution in [0.4, 0.5) is 0 Å². The van der Waals surface area contributed by atoms with Crippen molar-refractivity contribution in [1.29, 1.82) is 0 Å². The number of hydrogen-bond acceptors (Lipinski definition) is 3. The molecule has 2 aromatic carbocycles. The maximum atomic E-state index is 12.3. The topological polar surface area (TPSA) is 46.5 Å². The molecular formula is C21H26O3. The molecule has 2 rings (SSSR count). The predicted octanol–water partition coefficient (Wildman–Crippen LogP) is 3.85. The molecule has 0 aliphatic rings. The summed E-state index contributed by atoms with van der Waals surface area (Å²) in [6.45, 7) is 6.06. The monoisotopic (exact) mass is 326 g/mol. The zero-order valence-electron chi connectivity index (χ0n) is 14.7. The number of hydrogen-bond donors (Lipinski definition) is 1. The summed E-state index contributed by atoms with van der Waals surface area (Å²) in [4.78, 5) is 12.3. The van der Waals surface area contributed by atoms with Crippen molar-refractivity contribution >= 4 is 5.97 Å². The molecule has 24 heavy (non-hydrogen) atoms. The first-order valence-corrected chi connectivity index (χ1v) is 8.25. The van der Waals surface area contributed by atoms with Gasteiger partial charge in [-0.25, -0.2) is 0 Å². The lowest BCUT2D eigenvalue weighted by molar-refractivity contribution is -0.147. The highest BCUT2D eigenvalue weighted by molar-refractivity contribution is 5.71. The molecule has 0 bridgehead atoms. The van der Waals surface area contributed by atoms with Crippen LogP contribution in [0.3, 0.4) is 0 Å². The van der Waals surface area contributed by atoms with Gasteiger partial charge in [0.2, 0.25) is 0 Å². The van der Waals surface area contributed by atoms with E-state index in [4.69, 9.17) is 4.74 Å². The number of ether oxygens (including phenoxy) is 1. The maximum Gasteiger partial charge on any atom is 0.306 e. The smallest absolute Gasteiger partial charge is 0.306 e. The van der Waals surface area contributed by atoms with Crippen LogP contribution in [0, 0.1) is 0 Å². The Hall–Kier alpha value is -2.13. The standard InChI is InChI=1S/C21H26O3/c1-20(2,17-10-6-4-7-11-17)14-19(23)24-16-21(3,15-22)18-12-8-5-9-13-18/h4-13,22H,14-16H2,1-3H3. The Kier molecular flexibility index (Phi) is 5.79. The van der Waals surface area contributed by atoms with Gasteiger partial charge in [0.25, 0.3) is 0 Å². The van der Waals surface area contributed by atoms with Crippen LogP contribution in [0.25, 0.3) is 0 Å². The number of aliphatic hydroxyl groups excluding tert-OH is 1. The Bertz CT molecular complexity index is 649. The molecule has 128 valence electrons. The summed E-state index contributed by atoms with van der Waals surface area (Å²) in [5.41, 5.74) is 1.19. The second-order valence-electron chi connectivity index (χ2n) is 7.17. The molecule has 1 N–H and O–H groups in total. The van der Waals surface area contributed by atoms with E-state index < -0.39 is 5.41 Å². The second kappa shape index (κ2) is 7.63. The summed E-state index contributed by atoms with van der Waals surface area (Å²) in [6.07, 6.45) is 0.299. The average Bonchev–Trinajstić information content (AvgIpc) is 2.61. The third kappa shape index (κ3) is 4.45. The number of aliphatic hydroxyl groups is 1. The molecule has 1 unspecified atom stereocenters. The largest absolute Gasteiger partial charge is 0.465 e.